The monoisotopic (exact) mass is 288 g/mol. The number of pyridine rings is 1. The van der Waals surface area contributed by atoms with E-state index < -0.39 is 5.97 Å². The lowest BCUT2D eigenvalue weighted by Crippen LogP contribution is -2.12. The molecule has 0 aliphatic rings. The molecular formula is C15H20N4O2. The molecule has 0 aliphatic heterocycles. The van der Waals surface area contributed by atoms with Crippen molar-refractivity contribution in [2.75, 3.05) is 0 Å². The van der Waals surface area contributed by atoms with Crippen LogP contribution in [0.15, 0.2) is 12.3 Å². The highest BCUT2D eigenvalue weighted by atomic mass is 16.4. The van der Waals surface area contributed by atoms with Crippen LogP contribution in [-0.2, 0) is 17.8 Å². The van der Waals surface area contributed by atoms with E-state index in [4.69, 9.17) is 5.11 Å². The van der Waals surface area contributed by atoms with Crippen LogP contribution in [0.5, 0.6) is 0 Å². The van der Waals surface area contributed by atoms with E-state index in [1.54, 1.807) is 6.20 Å². The summed E-state index contributed by atoms with van der Waals surface area (Å²) in [5, 5.41) is 13.4. The maximum absolute atomic E-state index is 11.0. The molecule has 2 aromatic heterocycles. The van der Waals surface area contributed by atoms with Crippen molar-refractivity contribution in [1.29, 1.82) is 0 Å². The standard InChI is InChI=1S/C15H20N4O2/c1-9(2)5-13-17-15(19(18-13)8-14(20)21)12-7-16-11(4)6-10(12)3/h6-7,9H,5,8H2,1-4H3,(H,20,21). The van der Waals surface area contributed by atoms with E-state index in [9.17, 15) is 4.79 Å². The molecule has 0 atom stereocenters. The molecule has 6 nitrogen and oxygen atoms in total. The van der Waals surface area contributed by atoms with E-state index in [1.165, 1.54) is 4.68 Å². The number of aryl methyl sites for hydroxylation is 2. The molecule has 0 saturated carbocycles. The first-order chi connectivity index (χ1) is 9.86. The smallest absolute Gasteiger partial charge is 0.325 e. The van der Waals surface area contributed by atoms with Gasteiger partial charge in [0.15, 0.2) is 11.6 Å². The quantitative estimate of drug-likeness (QED) is 0.912. The summed E-state index contributed by atoms with van der Waals surface area (Å²) >= 11 is 0. The number of rotatable bonds is 5. The second-order valence-corrected chi connectivity index (χ2v) is 5.64. The fourth-order valence-electron chi connectivity index (χ4n) is 2.21. The first-order valence-electron chi connectivity index (χ1n) is 6.96. The molecule has 2 rings (SSSR count). The fraction of sp³-hybridized carbons (Fsp3) is 0.467. The van der Waals surface area contributed by atoms with E-state index in [0.717, 1.165) is 23.2 Å². The van der Waals surface area contributed by atoms with Crippen LogP contribution in [0.1, 0.15) is 30.9 Å². The first kappa shape index (κ1) is 15.2. The van der Waals surface area contributed by atoms with Crippen molar-refractivity contribution in [2.24, 2.45) is 5.92 Å². The third kappa shape index (κ3) is 3.65. The Bertz CT molecular complexity index is 662. The highest BCUT2D eigenvalue weighted by Gasteiger charge is 2.17. The number of nitrogens with zero attached hydrogens (tertiary/aromatic N) is 4. The largest absolute Gasteiger partial charge is 0.480 e. The minimum Gasteiger partial charge on any atom is -0.480 e. The van der Waals surface area contributed by atoms with Gasteiger partial charge in [-0.2, -0.15) is 5.10 Å². The Hall–Kier alpha value is -2.24. The van der Waals surface area contributed by atoms with Crippen LogP contribution in [0.2, 0.25) is 0 Å². The summed E-state index contributed by atoms with van der Waals surface area (Å²) in [5.74, 6) is 0.713. The zero-order valence-corrected chi connectivity index (χ0v) is 12.8. The maximum atomic E-state index is 11.0. The average Bonchev–Trinajstić information content (AvgIpc) is 2.69. The van der Waals surface area contributed by atoms with Gasteiger partial charge in [0, 0.05) is 23.9 Å². The second-order valence-electron chi connectivity index (χ2n) is 5.64. The Morgan fingerprint density at radius 2 is 2.10 bits per heavy atom. The molecule has 0 aliphatic carbocycles. The normalized spacial score (nSPS) is 11.1. The zero-order chi connectivity index (χ0) is 15.6. The highest BCUT2D eigenvalue weighted by Crippen LogP contribution is 2.22. The number of carboxylic acid groups (broad SMARTS) is 1. The summed E-state index contributed by atoms with van der Waals surface area (Å²) in [6, 6.07) is 1.96. The third-order valence-corrected chi connectivity index (χ3v) is 3.08. The van der Waals surface area contributed by atoms with Gasteiger partial charge in [-0.1, -0.05) is 13.8 Å². The van der Waals surface area contributed by atoms with Gasteiger partial charge >= 0.3 is 5.97 Å². The van der Waals surface area contributed by atoms with Crippen LogP contribution in [0.3, 0.4) is 0 Å². The van der Waals surface area contributed by atoms with E-state index in [1.807, 2.05) is 19.9 Å². The molecule has 0 bridgehead atoms. The Kier molecular flexibility index (Phi) is 4.35. The van der Waals surface area contributed by atoms with Gasteiger partial charge in [0.25, 0.3) is 0 Å². The van der Waals surface area contributed by atoms with Gasteiger partial charge in [-0.25, -0.2) is 9.67 Å². The maximum Gasteiger partial charge on any atom is 0.325 e. The second kappa shape index (κ2) is 6.03. The molecule has 0 amide bonds. The summed E-state index contributed by atoms with van der Waals surface area (Å²) in [7, 11) is 0. The van der Waals surface area contributed by atoms with Crippen molar-refractivity contribution in [2.45, 2.75) is 40.7 Å². The van der Waals surface area contributed by atoms with Crippen LogP contribution in [0.4, 0.5) is 0 Å². The van der Waals surface area contributed by atoms with Gasteiger partial charge < -0.3 is 5.11 Å². The summed E-state index contributed by atoms with van der Waals surface area (Å²) < 4.78 is 1.44. The van der Waals surface area contributed by atoms with Gasteiger partial charge in [0.1, 0.15) is 6.54 Å². The summed E-state index contributed by atoms with van der Waals surface area (Å²) in [5.41, 5.74) is 2.75. The molecule has 6 heteroatoms. The molecule has 0 unspecified atom stereocenters. The number of carbonyl (C=O) groups is 1. The predicted molar refractivity (Wildman–Crippen MR) is 78.9 cm³/mol. The number of aromatic nitrogens is 4. The highest BCUT2D eigenvalue weighted by molar-refractivity contribution is 5.68. The lowest BCUT2D eigenvalue weighted by Gasteiger charge is -2.06. The van der Waals surface area contributed by atoms with Crippen molar-refractivity contribution < 1.29 is 9.90 Å². The molecular weight excluding hydrogens is 268 g/mol. The van der Waals surface area contributed by atoms with Crippen molar-refractivity contribution in [3.63, 3.8) is 0 Å². The first-order valence-corrected chi connectivity index (χ1v) is 6.96. The zero-order valence-electron chi connectivity index (χ0n) is 12.8. The molecule has 0 saturated heterocycles. The summed E-state index contributed by atoms with van der Waals surface area (Å²) in [6.07, 6.45) is 2.45. The van der Waals surface area contributed by atoms with E-state index in [0.29, 0.717) is 17.6 Å². The van der Waals surface area contributed by atoms with Crippen molar-refractivity contribution in [1.82, 2.24) is 19.7 Å². The lowest BCUT2D eigenvalue weighted by molar-refractivity contribution is -0.137. The predicted octanol–water partition coefficient (Wildman–Crippen LogP) is 2.24. The third-order valence-electron chi connectivity index (χ3n) is 3.08. The van der Waals surface area contributed by atoms with Gasteiger partial charge in [0.2, 0.25) is 0 Å². The molecule has 2 aromatic rings. The van der Waals surface area contributed by atoms with Gasteiger partial charge in [0.05, 0.1) is 0 Å². The van der Waals surface area contributed by atoms with Crippen molar-refractivity contribution in [3.8, 4) is 11.4 Å². The van der Waals surface area contributed by atoms with E-state index in [-0.39, 0.29) is 6.54 Å². The summed E-state index contributed by atoms with van der Waals surface area (Å²) in [4.78, 5) is 19.8. The Morgan fingerprint density at radius 1 is 1.38 bits per heavy atom. The Morgan fingerprint density at radius 3 is 2.67 bits per heavy atom. The Balaban J connectivity index is 2.48. The number of hydrogen-bond donors (Lipinski definition) is 1. The minimum atomic E-state index is -0.935. The molecule has 1 N–H and O–H groups in total. The minimum absolute atomic E-state index is 0.201. The molecule has 0 spiro atoms. The molecule has 112 valence electrons. The lowest BCUT2D eigenvalue weighted by atomic mass is 10.1. The van der Waals surface area contributed by atoms with Crippen LogP contribution in [0.25, 0.3) is 11.4 Å². The van der Waals surface area contributed by atoms with E-state index in [2.05, 4.69) is 28.9 Å². The van der Waals surface area contributed by atoms with Crippen LogP contribution < -0.4 is 0 Å². The fourth-order valence-corrected chi connectivity index (χ4v) is 2.21. The van der Waals surface area contributed by atoms with Crippen molar-refractivity contribution >= 4 is 5.97 Å². The summed E-state index contributed by atoms with van der Waals surface area (Å²) in [6.45, 7) is 7.84. The number of aliphatic carboxylic acids is 1. The van der Waals surface area contributed by atoms with Crippen LogP contribution in [0, 0.1) is 19.8 Å². The van der Waals surface area contributed by atoms with Gasteiger partial charge in [-0.05, 0) is 31.4 Å². The van der Waals surface area contributed by atoms with Crippen LogP contribution >= 0.6 is 0 Å². The van der Waals surface area contributed by atoms with Gasteiger partial charge in [-0.15, -0.1) is 0 Å². The average molecular weight is 288 g/mol. The molecule has 0 aromatic carbocycles. The molecule has 21 heavy (non-hydrogen) atoms. The van der Waals surface area contributed by atoms with Gasteiger partial charge in [-0.3, -0.25) is 9.78 Å². The number of hydrogen-bond acceptors (Lipinski definition) is 4. The number of carboxylic acids is 1. The van der Waals surface area contributed by atoms with E-state index >= 15 is 0 Å². The topological polar surface area (TPSA) is 80.9 Å². The molecule has 0 fully saturated rings. The molecule has 0 radical (unpaired) electrons. The van der Waals surface area contributed by atoms with Crippen LogP contribution in [-0.4, -0.2) is 30.8 Å². The molecule has 2 heterocycles. The Labute approximate surface area is 123 Å². The van der Waals surface area contributed by atoms with Crippen molar-refractivity contribution in [3.05, 3.63) is 29.3 Å². The SMILES string of the molecule is Cc1cc(C)c(-c2nc(CC(C)C)nn2CC(=O)O)cn1.